The van der Waals surface area contributed by atoms with Crippen molar-refractivity contribution in [2.45, 2.75) is 52.0 Å². The predicted octanol–water partition coefficient (Wildman–Crippen LogP) is 2.45. The highest BCUT2D eigenvalue weighted by molar-refractivity contribution is 7.91. The molecule has 0 amide bonds. The second-order valence-corrected chi connectivity index (χ2v) is 9.12. The molecule has 4 nitrogen and oxygen atoms in total. The fourth-order valence-corrected chi connectivity index (χ4v) is 3.34. The van der Waals surface area contributed by atoms with Crippen molar-refractivity contribution in [3.05, 3.63) is 15.6 Å². The molecule has 104 valence electrons. The van der Waals surface area contributed by atoms with Gasteiger partial charge in [-0.05, 0) is 34.6 Å². The molecule has 0 aliphatic heterocycles. The van der Waals surface area contributed by atoms with Crippen molar-refractivity contribution in [1.29, 1.82) is 0 Å². The predicted molar refractivity (Wildman–Crippen MR) is 76.7 cm³/mol. The molecule has 0 bridgehead atoms. The first-order valence-corrected chi connectivity index (χ1v) is 8.68. The van der Waals surface area contributed by atoms with E-state index in [0.29, 0.717) is 5.01 Å². The van der Waals surface area contributed by atoms with Gasteiger partial charge < -0.3 is 5.32 Å². The summed E-state index contributed by atoms with van der Waals surface area (Å²) in [6, 6.07) is 0. The van der Waals surface area contributed by atoms with E-state index in [0.717, 1.165) is 17.1 Å². The largest absolute Gasteiger partial charge is 0.307 e. The molecule has 0 radical (unpaired) electrons. The second-order valence-electron chi connectivity index (χ2n) is 5.64. The van der Waals surface area contributed by atoms with Crippen molar-refractivity contribution >= 4 is 21.2 Å². The first-order valence-electron chi connectivity index (χ1n) is 5.91. The topological polar surface area (TPSA) is 59.1 Å². The number of sulfone groups is 1. The van der Waals surface area contributed by atoms with Crippen molar-refractivity contribution < 1.29 is 8.42 Å². The lowest BCUT2D eigenvalue weighted by Crippen LogP contribution is -2.34. The second kappa shape index (κ2) is 5.27. The number of hydrogen-bond acceptors (Lipinski definition) is 5. The highest BCUT2D eigenvalue weighted by atomic mass is 32.2. The van der Waals surface area contributed by atoms with E-state index in [1.807, 2.05) is 6.92 Å². The molecule has 0 aromatic carbocycles. The Morgan fingerprint density at radius 2 is 1.94 bits per heavy atom. The van der Waals surface area contributed by atoms with E-state index in [9.17, 15) is 8.42 Å². The van der Waals surface area contributed by atoms with Crippen LogP contribution in [0.1, 0.15) is 48.5 Å². The average Bonchev–Trinajstić information content (AvgIpc) is 2.53. The monoisotopic (exact) mass is 290 g/mol. The third kappa shape index (κ3) is 4.33. The van der Waals surface area contributed by atoms with E-state index in [-0.39, 0.29) is 5.54 Å². The standard InChI is InChI=1S/C12H22N2O2S2/c1-8-10(7-13-12(3,4)5)17-11(14-8)9(2)18(6,15)16/h9,13H,7H2,1-6H3. The minimum atomic E-state index is -3.08. The van der Waals surface area contributed by atoms with Crippen molar-refractivity contribution in [3.8, 4) is 0 Å². The van der Waals surface area contributed by atoms with Crippen LogP contribution in [0.15, 0.2) is 0 Å². The van der Waals surface area contributed by atoms with Crippen LogP contribution in [0, 0.1) is 6.92 Å². The zero-order valence-corrected chi connectivity index (χ0v) is 13.5. The highest BCUT2D eigenvalue weighted by Gasteiger charge is 2.22. The highest BCUT2D eigenvalue weighted by Crippen LogP contribution is 2.28. The Balaban J connectivity index is 2.89. The van der Waals surface area contributed by atoms with Crippen molar-refractivity contribution in [3.63, 3.8) is 0 Å². The van der Waals surface area contributed by atoms with Crippen LogP contribution in [-0.2, 0) is 16.4 Å². The minimum Gasteiger partial charge on any atom is -0.307 e. The van der Waals surface area contributed by atoms with Crippen molar-refractivity contribution in [2.75, 3.05) is 6.26 Å². The van der Waals surface area contributed by atoms with Gasteiger partial charge in [0.05, 0.1) is 5.69 Å². The van der Waals surface area contributed by atoms with Gasteiger partial charge in [0.1, 0.15) is 10.3 Å². The molecule has 1 rings (SSSR count). The quantitative estimate of drug-likeness (QED) is 0.925. The zero-order chi connectivity index (χ0) is 14.1. The van der Waals surface area contributed by atoms with Gasteiger partial charge in [0, 0.05) is 23.2 Å². The lowest BCUT2D eigenvalue weighted by atomic mass is 10.1. The van der Waals surface area contributed by atoms with Gasteiger partial charge in [0.15, 0.2) is 9.84 Å². The molecule has 1 heterocycles. The summed E-state index contributed by atoms with van der Waals surface area (Å²) >= 11 is 1.48. The van der Waals surface area contributed by atoms with E-state index < -0.39 is 15.1 Å². The number of rotatable bonds is 4. The Bertz CT molecular complexity index is 513. The average molecular weight is 290 g/mol. The molecule has 0 saturated heterocycles. The normalized spacial score (nSPS) is 14.8. The van der Waals surface area contributed by atoms with Gasteiger partial charge in [-0.3, -0.25) is 0 Å². The summed E-state index contributed by atoms with van der Waals surface area (Å²) < 4.78 is 23.0. The third-order valence-corrected chi connectivity index (χ3v) is 5.68. The van der Waals surface area contributed by atoms with E-state index in [1.165, 1.54) is 17.6 Å². The van der Waals surface area contributed by atoms with Crippen LogP contribution < -0.4 is 5.32 Å². The van der Waals surface area contributed by atoms with Gasteiger partial charge >= 0.3 is 0 Å². The first kappa shape index (κ1) is 15.6. The molecule has 0 saturated carbocycles. The summed E-state index contributed by atoms with van der Waals surface area (Å²) in [7, 11) is -3.08. The Hall–Kier alpha value is -0.460. The molecule has 0 fully saturated rings. The molecule has 1 aromatic heterocycles. The van der Waals surface area contributed by atoms with Crippen LogP contribution in [0.4, 0.5) is 0 Å². The van der Waals surface area contributed by atoms with E-state index in [2.05, 4.69) is 31.1 Å². The number of nitrogens with one attached hydrogen (secondary N) is 1. The summed E-state index contributed by atoms with van der Waals surface area (Å²) in [6.07, 6.45) is 1.25. The summed E-state index contributed by atoms with van der Waals surface area (Å²) in [6.45, 7) is 10.6. The van der Waals surface area contributed by atoms with Crippen LogP contribution in [0.25, 0.3) is 0 Å². The molecule has 1 aromatic rings. The molecule has 0 spiro atoms. The number of hydrogen-bond donors (Lipinski definition) is 1. The third-order valence-electron chi connectivity index (χ3n) is 2.68. The van der Waals surface area contributed by atoms with Gasteiger partial charge in [-0.25, -0.2) is 13.4 Å². The maximum absolute atomic E-state index is 11.5. The number of nitrogens with zero attached hydrogens (tertiary/aromatic N) is 1. The van der Waals surface area contributed by atoms with Gasteiger partial charge in [0.2, 0.25) is 0 Å². The first-order chi connectivity index (χ1) is 8.00. The lowest BCUT2D eigenvalue weighted by molar-refractivity contribution is 0.425. The van der Waals surface area contributed by atoms with E-state index >= 15 is 0 Å². The summed E-state index contributed by atoms with van der Waals surface area (Å²) in [4.78, 5) is 5.48. The van der Waals surface area contributed by atoms with Crippen LogP contribution in [0.5, 0.6) is 0 Å². The van der Waals surface area contributed by atoms with Gasteiger partial charge in [0.25, 0.3) is 0 Å². The SMILES string of the molecule is Cc1nc(C(C)S(C)(=O)=O)sc1CNC(C)(C)C. The summed E-state index contributed by atoms with van der Waals surface area (Å²) in [5.74, 6) is 0. The molecule has 6 heteroatoms. The zero-order valence-electron chi connectivity index (χ0n) is 11.9. The van der Waals surface area contributed by atoms with Gasteiger partial charge in [-0.1, -0.05) is 0 Å². The van der Waals surface area contributed by atoms with Gasteiger partial charge in [-0.2, -0.15) is 0 Å². The number of aryl methyl sites for hydroxylation is 1. The summed E-state index contributed by atoms with van der Waals surface area (Å²) in [5.41, 5.74) is 0.959. The Labute approximate surface area is 114 Å². The molecular formula is C12H22N2O2S2. The summed E-state index contributed by atoms with van der Waals surface area (Å²) in [5, 5.41) is 3.55. The molecule has 0 aliphatic carbocycles. The van der Waals surface area contributed by atoms with Crippen LogP contribution in [-0.4, -0.2) is 25.2 Å². The van der Waals surface area contributed by atoms with E-state index in [1.54, 1.807) is 6.92 Å². The minimum absolute atomic E-state index is 0.0407. The Kier molecular flexibility index (Phi) is 4.56. The molecule has 1 atom stereocenters. The van der Waals surface area contributed by atoms with E-state index in [4.69, 9.17) is 0 Å². The lowest BCUT2D eigenvalue weighted by Gasteiger charge is -2.19. The van der Waals surface area contributed by atoms with Gasteiger partial charge in [-0.15, -0.1) is 11.3 Å². The molecule has 0 aliphatic rings. The van der Waals surface area contributed by atoms with Crippen LogP contribution in [0.3, 0.4) is 0 Å². The number of aromatic nitrogens is 1. The smallest absolute Gasteiger partial charge is 0.156 e. The Morgan fingerprint density at radius 1 is 1.39 bits per heavy atom. The molecule has 18 heavy (non-hydrogen) atoms. The molecule has 1 N–H and O–H groups in total. The maximum atomic E-state index is 11.5. The van der Waals surface area contributed by atoms with Crippen molar-refractivity contribution in [1.82, 2.24) is 10.3 Å². The fourth-order valence-electron chi connectivity index (χ4n) is 1.32. The molecule has 1 unspecified atom stereocenters. The van der Waals surface area contributed by atoms with Crippen LogP contribution in [0.2, 0.25) is 0 Å². The van der Waals surface area contributed by atoms with Crippen LogP contribution >= 0.6 is 11.3 Å². The molecular weight excluding hydrogens is 268 g/mol. The fraction of sp³-hybridized carbons (Fsp3) is 0.750. The Morgan fingerprint density at radius 3 is 2.39 bits per heavy atom. The number of thiazole rings is 1. The van der Waals surface area contributed by atoms with Crippen molar-refractivity contribution in [2.24, 2.45) is 0 Å². The maximum Gasteiger partial charge on any atom is 0.156 e.